The average Bonchev–Trinajstić information content (AvgIpc) is 2.29. The predicted octanol–water partition coefficient (Wildman–Crippen LogP) is 2.24. The molecule has 0 bridgehead atoms. The zero-order chi connectivity index (χ0) is 11.8. The third-order valence-corrected chi connectivity index (χ3v) is 2.01. The lowest BCUT2D eigenvalue weighted by Crippen LogP contribution is -2.14. The van der Waals surface area contributed by atoms with Crippen LogP contribution in [0.25, 0.3) is 0 Å². The van der Waals surface area contributed by atoms with E-state index in [9.17, 15) is 0 Å². The second-order valence-corrected chi connectivity index (χ2v) is 3.45. The molecular weight excluding hydrogens is 202 g/mol. The maximum Gasteiger partial charge on any atom is 0.161 e. The summed E-state index contributed by atoms with van der Waals surface area (Å²) < 4.78 is 11.1. The lowest BCUT2D eigenvalue weighted by atomic mass is 10.3. The van der Waals surface area contributed by atoms with Crippen molar-refractivity contribution < 1.29 is 9.47 Å². The number of para-hydroxylation sites is 2. The molecule has 1 N–H and O–H groups in total. The van der Waals surface area contributed by atoms with E-state index in [1.165, 1.54) is 0 Å². The molecule has 16 heavy (non-hydrogen) atoms. The first kappa shape index (κ1) is 12.6. The lowest BCUT2D eigenvalue weighted by molar-refractivity contribution is 0.292. The summed E-state index contributed by atoms with van der Waals surface area (Å²) >= 11 is 0. The van der Waals surface area contributed by atoms with Gasteiger partial charge in [0, 0.05) is 6.54 Å². The molecule has 0 spiro atoms. The Labute approximate surface area is 97.1 Å². The van der Waals surface area contributed by atoms with Crippen molar-refractivity contribution in [2.24, 2.45) is 0 Å². The SMILES string of the molecule is C=C(CNC)COc1ccccc1OCC. The minimum absolute atomic E-state index is 0.505. The highest BCUT2D eigenvalue weighted by Crippen LogP contribution is 2.26. The molecule has 0 amide bonds. The Hall–Kier alpha value is -1.48. The van der Waals surface area contributed by atoms with Gasteiger partial charge in [-0.2, -0.15) is 0 Å². The molecule has 0 aliphatic rings. The van der Waals surface area contributed by atoms with Crippen LogP contribution in [-0.2, 0) is 0 Å². The van der Waals surface area contributed by atoms with Crippen LogP contribution in [0.2, 0.25) is 0 Å². The average molecular weight is 221 g/mol. The van der Waals surface area contributed by atoms with Gasteiger partial charge in [-0.3, -0.25) is 0 Å². The number of ether oxygens (including phenoxy) is 2. The van der Waals surface area contributed by atoms with E-state index in [-0.39, 0.29) is 0 Å². The first-order valence-electron chi connectivity index (χ1n) is 5.43. The smallest absolute Gasteiger partial charge is 0.161 e. The summed E-state index contributed by atoms with van der Waals surface area (Å²) in [6.45, 7) is 7.76. The zero-order valence-corrected chi connectivity index (χ0v) is 9.95. The van der Waals surface area contributed by atoms with Gasteiger partial charge in [-0.1, -0.05) is 18.7 Å². The number of nitrogens with one attached hydrogen (secondary N) is 1. The Morgan fingerprint density at radius 2 is 1.88 bits per heavy atom. The van der Waals surface area contributed by atoms with Gasteiger partial charge in [0.25, 0.3) is 0 Å². The highest BCUT2D eigenvalue weighted by Gasteiger charge is 2.03. The quantitative estimate of drug-likeness (QED) is 0.716. The van der Waals surface area contributed by atoms with Crippen LogP contribution in [0.1, 0.15) is 6.92 Å². The third kappa shape index (κ3) is 3.95. The molecule has 0 fully saturated rings. The third-order valence-electron chi connectivity index (χ3n) is 2.01. The molecule has 0 aromatic heterocycles. The van der Waals surface area contributed by atoms with Gasteiger partial charge in [0.1, 0.15) is 6.61 Å². The standard InChI is InChI=1S/C13H19NO2/c1-4-15-12-7-5-6-8-13(12)16-10-11(2)9-14-3/h5-8,14H,2,4,9-10H2,1,3H3. The summed E-state index contributed by atoms with van der Waals surface area (Å²) in [5, 5.41) is 3.03. The van der Waals surface area contributed by atoms with Crippen molar-refractivity contribution in [3.63, 3.8) is 0 Å². The van der Waals surface area contributed by atoms with Crippen molar-refractivity contribution in [2.45, 2.75) is 6.92 Å². The van der Waals surface area contributed by atoms with Gasteiger partial charge in [0.15, 0.2) is 11.5 Å². The second-order valence-electron chi connectivity index (χ2n) is 3.45. The van der Waals surface area contributed by atoms with Gasteiger partial charge in [0.2, 0.25) is 0 Å². The van der Waals surface area contributed by atoms with E-state index in [0.717, 1.165) is 23.6 Å². The van der Waals surface area contributed by atoms with Crippen LogP contribution in [0.5, 0.6) is 11.5 Å². The molecular formula is C13H19NO2. The second kappa shape index (κ2) is 6.90. The minimum atomic E-state index is 0.505. The molecule has 0 saturated carbocycles. The van der Waals surface area contributed by atoms with E-state index in [2.05, 4.69) is 11.9 Å². The normalized spacial score (nSPS) is 9.88. The molecule has 88 valence electrons. The molecule has 0 aliphatic heterocycles. The maximum absolute atomic E-state index is 5.64. The van der Waals surface area contributed by atoms with Gasteiger partial charge >= 0.3 is 0 Å². The molecule has 0 saturated heterocycles. The van der Waals surface area contributed by atoms with Crippen LogP contribution in [0.4, 0.5) is 0 Å². The Morgan fingerprint density at radius 3 is 2.44 bits per heavy atom. The first-order valence-corrected chi connectivity index (χ1v) is 5.43. The highest BCUT2D eigenvalue weighted by atomic mass is 16.5. The van der Waals surface area contributed by atoms with E-state index in [0.29, 0.717) is 13.2 Å². The van der Waals surface area contributed by atoms with Crippen LogP contribution in [0, 0.1) is 0 Å². The van der Waals surface area contributed by atoms with Gasteiger partial charge < -0.3 is 14.8 Å². The number of rotatable bonds is 7. The zero-order valence-electron chi connectivity index (χ0n) is 9.95. The van der Waals surface area contributed by atoms with Gasteiger partial charge in [-0.15, -0.1) is 0 Å². The Kier molecular flexibility index (Phi) is 5.43. The summed E-state index contributed by atoms with van der Waals surface area (Å²) in [6.07, 6.45) is 0. The van der Waals surface area contributed by atoms with E-state index in [4.69, 9.17) is 9.47 Å². The molecule has 1 aromatic rings. The fourth-order valence-electron chi connectivity index (χ4n) is 1.33. The first-order chi connectivity index (χ1) is 7.77. The summed E-state index contributed by atoms with van der Waals surface area (Å²) in [7, 11) is 1.89. The highest BCUT2D eigenvalue weighted by molar-refractivity contribution is 5.39. The molecule has 1 aromatic carbocycles. The number of hydrogen-bond acceptors (Lipinski definition) is 3. The maximum atomic E-state index is 5.64. The summed E-state index contributed by atoms with van der Waals surface area (Å²) in [5.74, 6) is 1.55. The van der Waals surface area contributed by atoms with E-state index < -0.39 is 0 Å². The summed E-state index contributed by atoms with van der Waals surface area (Å²) in [4.78, 5) is 0. The van der Waals surface area contributed by atoms with Crippen molar-refractivity contribution >= 4 is 0 Å². The fourth-order valence-corrected chi connectivity index (χ4v) is 1.33. The van der Waals surface area contributed by atoms with Crippen LogP contribution < -0.4 is 14.8 Å². The van der Waals surface area contributed by atoms with Crippen molar-refractivity contribution in [3.8, 4) is 11.5 Å². The molecule has 0 aliphatic carbocycles. The van der Waals surface area contributed by atoms with Gasteiger partial charge in [-0.25, -0.2) is 0 Å². The van der Waals surface area contributed by atoms with Gasteiger partial charge in [0.05, 0.1) is 6.61 Å². The largest absolute Gasteiger partial charge is 0.490 e. The molecule has 0 unspecified atom stereocenters. The lowest BCUT2D eigenvalue weighted by Gasteiger charge is -2.12. The fraction of sp³-hybridized carbons (Fsp3) is 0.385. The molecule has 1 rings (SSSR count). The molecule has 0 atom stereocenters. The molecule has 3 heteroatoms. The van der Waals surface area contributed by atoms with E-state index in [1.807, 2.05) is 38.2 Å². The number of benzene rings is 1. The Bertz CT molecular complexity index is 336. The molecule has 0 radical (unpaired) electrons. The van der Waals surface area contributed by atoms with E-state index in [1.54, 1.807) is 0 Å². The molecule has 0 heterocycles. The topological polar surface area (TPSA) is 30.5 Å². The predicted molar refractivity (Wildman–Crippen MR) is 66.2 cm³/mol. The molecule has 3 nitrogen and oxygen atoms in total. The minimum Gasteiger partial charge on any atom is -0.490 e. The van der Waals surface area contributed by atoms with Crippen LogP contribution in [0.3, 0.4) is 0 Å². The van der Waals surface area contributed by atoms with Crippen LogP contribution >= 0.6 is 0 Å². The monoisotopic (exact) mass is 221 g/mol. The van der Waals surface area contributed by atoms with Crippen molar-refractivity contribution in [2.75, 3.05) is 26.8 Å². The Balaban J connectivity index is 2.55. The summed E-state index contributed by atoms with van der Waals surface area (Å²) in [6, 6.07) is 7.66. The summed E-state index contributed by atoms with van der Waals surface area (Å²) in [5.41, 5.74) is 1.01. The van der Waals surface area contributed by atoms with E-state index >= 15 is 0 Å². The Morgan fingerprint density at radius 1 is 1.25 bits per heavy atom. The van der Waals surface area contributed by atoms with Crippen molar-refractivity contribution in [3.05, 3.63) is 36.4 Å². The van der Waals surface area contributed by atoms with Crippen molar-refractivity contribution in [1.29, 1.82) is 0 Å². The van der Waals surface area contributed by atoms with Gasteiger partial charge in [-0.05, 0) is 31.7 Å². The number of likely N-dealkylation sites (N-methyl/N-ethyl adjacent to an activating group) is 1. The van der Waals surface area contributed by atoms with Crippen LogP contribution in [-0.4, -0.2) is 26.8 Å². The van der Waals surface area contributed by atoms with Crippen molar-refractivity contribution in [1.82, 2.24) is 5.32 Å². The number of hydrogen-bond donors (Lipinski definition) is 1. The van der Waals surface area contributed by atoms with Crippen LogP contribution in [0.15, 0.2) is 36.4 Å².